The lowest BCUT2D eigenvalue weighted by atomic mass is 10.0. The molecule has 0 radical (unpaired) electrons. The van der Waals surface area contributed by atoms with E-state index in [0.29, 0.717) is 58.8 Å². The lowest BCUT2D eigenvalue weighted by Gasteiger charge is -2.28. The van der Waals surface area contributed by atoms with Gasteiger partial charge in [0.15, 0.2) is 11.9 Å². The molecule has 4 heterocycles. The average molecular weight is 2000 g/mol. The van der Waals surface area contributed by atoms with Gasteiger partial charge in [0, 0.05) is 144 Å². The van der Waals surface area contributed by atoms with E-state index >= 15 is 4.79 Å². The molecule has 4 aromatic heterocycles. The van der Waals surface area contributed by atoms with Crippen molar-refractivity contribution in [3.05, 3.63) is 180 Å². The van der Waals surface area contributed by atoms with Crippen LogP contribution in [-0.2, 0) is 125 Å². The highest BCUT2D eigenvalue weighted by molar-refractivity contribution is 6.01. The first kappa shape index (κ1) is 113. The van der Waals surface area contributed by atoms with Gasteiger partial charge in [-0.25, -0.2) is 9.97 Å². The third-order valence-corrected chi connectivity index (χ3v) is 23.1. The maximum absolute atomic E-state index is 15.0. The number of amides is 16. The Hall–Kier alpha value is -16.6. The average Bonchev–Trinajstić information content (AvgIpc) is 1.07. The number of aliphatic carboxylic acids is 2. The minimum atomic E-state index is -1.69. The Bertz CT molecular complexity index is 5680. The number of nitrogens with two attached hydrogens (primary N) is 3. The molecule has 0 fully saturated rings. The van der Waals surface area contributed by atoms with Gasteiger partial charge < -0.3 is 138 Å². The van der Waals surface area contributed by atoms with Crippen molar-refractivity contribution < 1.29 is 96.5 Å². The highest BCUT2D eigenvalue weighted by Gasteiger charge is 2.39. The van der Waals surface area contributed by atoms with Gasteiger partial charge in [0.1, 0.15) is 72.5 Å². The lowest BCUT2D eigenvalue weighted by Crippen LogP contribution is -2.60. The fourth-order valence-electron chi connectivity index (χ4n) is 15.6. The minimum absolute atomic E-state index is 0.00404. The van der Waals surface area contributed by atoms with E-state index in [1.165, 1.54) is 32.0 Å². The number of para-hydroxylation sites is 2. The Kier molecular flexibility index (Phi) is 46.2. The molecule has 31 N–H and O–H groups in total. The van der Waals surface area contributed by atoms with Crippen LogP contribution in [0.3, 0.4) is 0 Å². The summed E-state index contributed by atoms with van der Waals surface area (Å²) in [6, 6.07) is 13.6. The zero-order valence-electron chi connectivity index (χ0n) is 80.2. The normalized spacial score (nSPS) is 13.5. The van der Waals surface area contributed by atoms with E-state index in [2.05, 4.69) is 120 Å². The molecule has 0 aliphatic heterocycles. The lowest BCUT2D eigenvalue weighted by molar-refractivity contribution is -0.139. The number of fused-ring (bicyclic) bond motifs is 2. The highest BCUT2D eigenvalue weighted by Crippen LogP contribution is 2.23. The summed E-state index contributed by atoms with van der Waals surface area (Å²) in [7, 11) is 0. The molecule has 144 heavy (non-hydrogen) atoms. The van der Waals surface area contributed by atoms with E-state index in [0.717, 1.165) is 10.9 Å². The van der Waals surface area contributed by atoms with Crippen LogP contribution < -0.4 is 108 Å². The number of hydrogen-bond donors (Lipinski definition) is 28. The van der Waals surface area contributed by atoms with Crippen LogP contribution in [-0.4, -0.2) is 264 Å². The second-order valence-corrected chi connectivity index (χ2v) is 34.5. The van der Waals surface area contributed by atoms with Gasteiger partial charge >= 0.3 is 11.9 Å². The molecule has 0 bridgehead atoms. The largest absolute Gasteiger partial charge is 0.481 e. The SMILES string of the molecule is CCCC[C@H](NC(C)=O)C(=O)N[C@@H](CCC(=O)O)C(=O)N[C@@H](Cc1c[nH]cn1)C(=O)N[C@H](Cc1ccccc1)C(=O)N[C@@H](CCCNC(=N)N)C(=O)N[C@@H](Cc1c[nH]c2ccccc12)C(=O)NCCC(=O)NCC(=O)NCCC(=O)N[C@@H](CCCC)C(=O)N[C@@H](CCC(=O)O)C(=O)N[C@@H](Cc1c[nH]cn1)C(=O)N[C@H](Cc1ccccc1)C(=O)N[C@@H](CCCNC(=N)N)C(=O)N[C@@H](Cc1c[nH]c2ccccc12)C(N)=O. The molecule has 12 atom stereocenters. The molecule has 8 aromatic rings. The van der Waals surface area contributed by atoms with Crippen LogP contribution in [0.25, 0.3) is 21.8 Å². The molecule has 0 saturated heterocycles. The summed E-state index contributed by atoms with van der Waals surface area (Å²) >= 11 is 0. The Labute approximate surface area is 828 Å². The fraction of sp³-hybridized carbons (Fsp3) is 0.438. The van der Waals surface area contributed by atoms with Crippen LogP contribution >= 0.6 is 0 Å². The van der Waals surface area contributed by atoms with E-state index in [4.69, 9.17) is 28.0 Å². The van der Waals surface area contributed by atoms with Crippen molar-refractivity contribution in [2.45, 2.75) is 235 Å². The molecule has 48 heteroatoms. The van der Waals surface area contributed by atoms with Crippen LogP contribution in [0.5, 0.6) is 0 Å². The number of H-pyrrole nitrogens is 4. The second-order valence-electron chi connectivity index (χ2n) is 34.5. The fourth-order valence-corrected chi connectivity index (χ4v) is 15.6. The standard InChI is InChI=1S/C96H130N28O20/c1-4-6-26-66(113-55(3)125)85(135)117-70(32-34-81(129)130)89(139)123-76(46-60-50-102-53-111-60)93(143)121-74(43-57-22-12-9-13-23-57)92(142)116-69(31-19-39-107-96(100)101)88(138)122-75(45-59-49-109-65-29-17-15-25-63(59)65)84(134)105-41-36-78(126)110-52-80(128)104-40-37-79(127)114-67(27-7-5-2)86(136)118-71(33-35-82(131)132)90(140)124-77(47-61-51-103-54-112-61)94(144)120-73(42-56-20-10-8-11-21-56)91(141)115-68(30-18-38-106-95(98)99)87(137)119-72(83(97)133)44-58-48-108-64-28-16-14-24-62(58)64/h8-17,20-25,28-29,48-51,53-54,66-77,108-109H,4-7,18-19,26-27,30-47,52H2,1-3H3,(H2,97,133)(H,102,111)(H,103,112)(H,104,128)(H,105,134)(H,110,126)(H,113,125)(H,114,127)(H,115,141)(H,116,142)(H,117,135)(H,118,136)(H,119,137)(H,120,144)(H,121,143)(H,122,138)(H,123,139)(H,124,140)(H,129,130)(H,131,132)(H4,98,99,106)(H4,100,101,107)/t66-,67-,68-,69-,70-,71-,72-,73+,74+,75-,76-,77-/m0/s1. The van der Waals surface area contributed by atoms with Gasteiger partial charge in [-0.05, 0) is 85.8 Å². The smallest absolute Gasteiger partial charge is 0.303 e. The summed E-state index contributed by atoms with van der Waals surface area (Å²) in [6.07, 6.45) is 6.46. The molecular formula is C96H130N28O20. The van der Waals surface area contributed by atoms with Crippen molar-refractivity contribution in [3.63, 3.8) is 0 Å². The van der Waals surface area contributed by atoms with Gasteiger partial charge in [-0.15, -0.1) is 0 Å². The molecule has 16 amide bonds. The number of carbonyl (C=O) groups excluding carboxylic acids is 16. The van der Waals surface area contributed by atoms with E-state index < -0.39 is 230 Å². The van der Waals surface area contributed by atoms with E-state index in [1.54, 1.807) is 110 Å². The molecule has 0 saturated carbocycles. The topological polar surface area (TPSA) is 767 Å². The molecular weight excluding hydrogens is 1870 g/mol. The quantitative estimate of drug-likeness (QED) is 0.0111. The van der Waals surface area contributed by atoms with Crippen molar-refractivity contribution >= 4 is 140 Å². The van der Waals surface area contributed by atoms with Crippen molar-refractivity contribution in [2.75, 3.05) is 32.7 Å². The van der Waals surface area contributed by atoms with Crippen LogP contribution in [0.4, 0.5) is 0 Å². The zero-order chi connectivity index (χ0) is 105. The van der Waals surface area contributed by atoms with Gasteiger partial charge in [-0.1, -0.05) is 137 Å². The van der Waals surface area contributed by atoms with E-state index in [1.807, 2.05) is 25.1 Å². The van der Waals surface area contributed by atoms with Gasteiger partial charge in [0.05, 0.1) is 30.6 Å². The Morgan fingerprint density at radius 3 is 1.04 bits per heavy atom. The first-order valence-electron chi connectivity index (χ1n) is 47.5. The molecule has 774 valence electrons. The van der Waals surface area contributed by atoms with Gasteiger partial charge in [-0.2, -0.15) is 0 Å². The maximum atomic E-state index is 15.0. The zero-order valence-corrected chi connectivity index (χ0v) is 80.2. The number of nitrogens with one attached hydrogen (secondary N) is 23. The molecule has 0 unspecified atom stereocenters. The number of unbranched alkanes of at least 4 members (excludes halogenated alkanes) is 2. The first-order chi connectivity index (χ1) is 69.0. The number of nitrogens with zero attached hydrogens (tertiary/aromatic N) is 2. The van der Waals surface area contributed by atoms with Crippen LogP contribution in [0.15, 0.2) is 147 Å². The summed E-state index contributed by atoms with van der Waals surface area (Å²) in [6.45, 7) is 3.64. The molecule has 4 aromatic carbocycles. The minimum Gasteiger partial charge on any atom is -0.481 e. The van der Waals surface area contributed by atoms with Crippen molar-refractivity contribution in [1.29, 1.82) is 10.8 Å². The Morgan fingerprint density at radius 2 is 0.660 bits per heavy atom. The number of carbonyl (C=O) groups is 18. The maximum Gasteiger partial charge on any atom is 0.303 e. The van der Waals surface area contributed by atoms with Gasteiger partial charge in [0.25, 0.3) is 0 Å². The third-order valence-electron chi connectivity index (χ3n) is 23.1. The number of rotatable bonds is 64. The Morgan fingerprint density at radius 1 is 0.326 bits per heavy atom. The molecule has 8 rings (SSSR count). The summed E-state index contributed by atoms with van der Waals surface area (Å²) in [4.78, 5) is 270. The number of guanidine groups is 2. The predicted molar refractivity (Wildman–Crippen MR) is 526 cm³/mol. The summed E-state index contributed by atoms with van der Waals surface area (Å²) < 4.78 is 0. The predicted octanol–water partition coefficient (Wildman–Crippen LogP) is -2.06. The number of hydrogen-bond acceptors (Lipinski definition) is 22. The number of primary amides is 1. The Balaban J connectivity index is 0.896. The second kappa shape index (κ2) is 59.1. The number of aromatic nitrogens is 6. The highest BCUT2D eigenvalue weighted by atomic mass is 16.4. The summed E-state index contributed by atoms with van der Waals surface area (Å²) in [5.74, 6) is -17.2. The summed E-state index contributed by atoms with van der Waals surface area (Å²) in [5.41, 5.74) is 21.2. The summed E-state index contributed by atoms with van der Waals surface area (Å²) in [5, 5.41) is 81.0. The van der Waals surface area contributed by atoms with Crippen LogP contribution in [0, 0.1) is 10.8 Å². The van der Waals surface area contributed by atoms with Gasteiger partial charge in [-0.3, -0.25) is 97.1 Å². The number of carboxylic acid groups (broad SMARTS) is 2. The molecule has 0 spiro atoms. The number of imidazole rings is 2. The molecule has 0 aliphatic rings. The van der Waals surface area contributed by atoms with E-state index in [-0.39, 0.29) is 121 Å². The van der Waals surface area contributed by atoms with Crippen molar-refractivity contribution in [2.24, 2.45) is 17.2 Å². The number of carboxylic acids is 2. The van der Waals surface area contributed by atoms with E-state index in [9.17, 15) is 91.7 Å². The van der Waals surface area contributed by atoms with Crippen molar-refractivity contribution in [3.8, 4) is 0 Å². The number of benzene rings is 4. The number of aromatic amines is 4. The molecule has 0 aliphatic carbocycles. The van der Waals surface area contributed by atoms with Crippen molar-refractivity contribution in [1.82, 2.24) is 120 Å². The van der Waals surface area contributed by atoms with Gasteiger partial charge in [0.2, 0.25) is 94.5 Å². The van der Waals surface area contributed by atoms with Crippen LogP contribution in [0.1, 0.15) is 157 Å². The monoisotopic (exact) mass is 2000 g/mol. The van der Waals surface area contributed by atoms with Crippen LogP contribution in [0.2, 0.25) is 0 Å². The first-order valence-corrected chi connectivity index (χ1v) is 47.5. The molecule has 48 nitrogen and oxygen atoms in total. The third kappa shape index (κ3) is 39.2.